The van der Waals surface area contributed by atoms with Crippen LogP contribution in [0, 0.1) is 6.92 Å². The lowest BCUT2D eigenvalue weighted by Crippen LogP contribution is -2.56. The number of fused-ring (bicyclic) bond motifs is 1. The lowest BCUT2D eigenvalue weighted by molar-refractivity contribution is -0.131. The Morgan fingerprint density at radius 1 is 1.35 bits per heavy atom. The molecule has 138 valence electrons. The van der Waals surface area contributed by atoms with Gasteiger partial charge < -0.3 is 0 Å². The van der Waals surface area contributed by atoms with Crippen molar-refractivity contribution >= 4 is 23.0 Å². The highest BCUT2D eigenvalue weighted by atomic mass is 16.2. The lowest BCUT2D eigenvalue weighted by Gasteiger charge is -2.37. The maximum atomic E-state index is 13.4. The summed E-state index contributed by atoms with van der Waals surface area (Å²) in [6, 6.07) is 5.07. The van der Waals surface area contributed by atoms with E-state index in [2.05, 4.69) is 6.92 Å². The monoisotopic (exact) mass is 355 g/mol. The molecule has 0 aliphatic carbocycles. The van der Waals surface area contributed by atoms with Gasteiger partial charge in [-0.15, -0.1) is 0 Å². The smallest absolute Gasteiger partial charge is 0.280 e. The Labute approximate surface area is 152 Å². The van der Waals surface area contributed by atoms with Gasteiger partial charge in [0.2, 0.25) is 5.78 Å². The number of carbonyl (C=O) groups is 2. The SMILES string of the molecule is CCCCc1nc2cccc(C)c2c(=O)n1N1CCCCC1C(=O)C=O. The van der Waals surface area contributed by atoms with Crippen LogP contribution in [0.1, 0.15) is 50.4 Å². The molecule has 1 aliphatic heterocycles. The molecular weight excluding hydrogens is 330 g/mol. The van der Waals surface area contributed by atoms with E-state index >= 15 is 0 Å². The standard InChI is InChI=1S/C20H25N3O3/c1-3-4-11-18-21-15-9-7-8-14(2)19(15)20(26)23(18)22-12-6-5-10-16(22)17(25)13-24/h7-9,13,16H,3-6,10-12H2,1-2H3. The number of nitrogens with zero attached hydrogens (tertiary/aromatic N) is 3. The van der Waals surface area contributed by atoms with Crippen LogP contribution in [-0.2, 0) is 16.0 Å². The van der Waals surface area contributed by atoms with Gasteiger partial charge in [0.15, 0.2) is 6.29 Å². The number of ketones is 1. The molecule has 0 radical (unpaired) electrons. The van der Waals surface area contributed by atoms with Crippen molar-refractivity contribution in [1.29, 1.82) is 0 Å². The number of aromatic nitrogens is 2. The van der Waals surface area contributed by atoms with Crippen molar-refractivity contribution in [3.05, 3.63) is 39.9 Å². The maximum absolute atomic E-state index is 13.4. The summed E-state index contributed by atoms with van der Waals surface area (Å²) >= 11 is 0. The van der Waals surface area contributed by atoms with Crippen molar-refractivity contribution in [2.75, 3.05) is 11.6 Å². The number of rotatable bonds is 6. The van der Waals surface area contributed by atoms with Crippen molar-refractivity contribution in [3.63, 3.8) is 0 Å². The zero-order chi connectivity index (χ0) is 18.7. The molecule has 1 saturated heterocycles. The molecule has 2 aromatic rings. The first-order valence-electron chi connectivity index (χ1n) is 9.35. The highest BCUT2D eigenvalue weighted by Gasteiger charge is 2.31. The molecule has 26 heavy (non-hydrogen) atoms. The average molecular weight is 355 g/mol. The zero-order valence-electron chi connectivity index (χ0n) is 15.4. The molecular formula is C20H25N3O3. The molecule has 3 rings (SSSR count). The highest BCUT2D eigenvalue weighted by molar-refractivity contribution is 6.28. The third kappa shape index (κ3) is 3.28. The Morgan fingerprint density at radius 2 is 2.15 bits per heavy atom. The molecule has 1 aliphatic rings. The Balaban J connectivity index is 2.22. The summed E-state index contributed by atoms with van der Waals surface area (Å²) in [7, 11) is 0. The normalized spacial score (nSPS) is 17.5. The molecule has 0 N–H and O–H groups in total. The summed E-state index contributed by atoms with van der Waals surface area (Å²) in [5.74, 6) is 0.198. The Bertz CT molecular complexity index is 888. The predicted octanol–water partition coefficient (Wildman–Crippen LogP) is 2.31. The fraction of sp³-hybridized carbons (Fsp3) is 0.500. The topological polar surface area (TPSA) is 72.3 Å². The van der Waals surface area contributed by atoms with Crippen LogP contribution in [0.2, 0.25) is 0 Å². The van der Waals surface area contributed by atoms with Gasteiger partial charge in [0.25, 0.3) is 5.56 Å². The number of benzene rings is 1. The number of Topliss-reactive ketones (excluding diaryl/α,β-unsaturated/α-hetero) is 1. The number of carbonyl (C=O) groups excluding carboxylic acids is 2. The number of aldehydes is 1. The fourth-order valence-corrected chi connectivity index (χ4v) is 3.72. The van der Waals surface area contributed by atoms with E-state index in [-0.39, 0.29) is 5.56 Å². The van der Waals surface area contributed by atoms with Crippen molar-refractivity contribution < 1.29 is 9.59 Å². The fourth-order valence-electron chi connectivity index (χ4n) is 3.72. The van der Waals surface area contributed by atoms with Crippen LogP contribution in [0.4, 0.5) is 0 Å². The summed E-state index contributed by atoms with van der Waals surface area (Å²) in [5, 5.41) is 2.35. The lowest BCUT2D eigenvalue weighted by atomic mass is 10.0. The minimum absolute atomic E-state index is 0.148. The second-order valence-electron chi connectivity index (χ2n) is 6.91. The molecule has 0 bridgehead atoms. The highest BCUT2D eigenvalue weighted by Crippen LogP contribution is 2.20. The van der Waals surface area contributed by atoms with Crippen LogP contribution >= 0.6 is 0 Å². The van der Waals surface area contributed by atoms with Gasteiger partial charge in [-0.25, -0.2) is 9.66 Å². The minimum atomic E-state index is -0.581. The van der Waals surface area contributed by atoms with Crippen LogP contribution in [0.15, 0.2) is 23.0 Å². The second-order valence-corrected chi connectivity index (χ2v) is 6.91. The third-order valence-electron chi connectivity index (χ3n) is 5.08. The van der Waals surface area contributed by atoms with E-state index in [9.17, 15) is 14.4 Å². The summed E-state index contributed by atoms with van der Waals surface area (Å²) in [4.78, 5) is 41.4. The molecule has 6 heteroatoms. The van der Waals surface area contributed by atoms with Crippen LogP contribution in [0.3, 0.4) is 0 Å². The van der Waals surface area contributed by atoms with E-state index in [0.29, 0.717) is 42.4 Å². The van der Waals surface area contributed by atoms with Crippen LogP contribution in [0.5, 0.6) is 0 Å². The van der Waals surface area contributed by atoms with E-state index < -0.39 is 11.8 Å². The largest absolute Gasteiger partial charge is 0.297 e. The van der Waals surface area contributed by atoms with Gasteiger partial charge in [-0.05, 0) is 44.2 Å². The van der Waals surface area contributed by atoms with Gasteiger partial charge >= 0.3 is 0 Å². The molecule has 1 unspecified atom stereocenters. The van der Waals surface area contributed by atoms with Crippen LogP contribution in [-0.4, -0.2) is 34.3 Å². The van der Waals surface area contributed by atoms with Crippen molar-refractivity contribution in [1.82, 2.24) is 9.66 Å². The Kier molecular flexibility index (Phi) is 5.49. The molecule has 6 nitrogen and oxygen atoms in total. The summed E-state index contributed by atoms with van der Waals surface area (Å²) in [6.45, 7) is 4.56. The summed E-state index contributed by atoms with van der Waals surface area (Å²) in [5.41, 5.74) is 1.41. The van der Waals surface area contributed by atoms with Gasteiger partial charge in [0.05, 0.1) is 10.9 Å². The minimum Gasteiger partial charge on any atom is -0.297 e. The molecule has 1 fully saturated rings. The third-order valence-corrected chi connectivity index (χ3v) is 5.08. The van der Waals surface area contributed by atoms with Crippen molar-refractivity contribution in [3.8, 4) is 0 Å². The van der Waals surface area contributed by atoms with E-state index in [4.69, 9.17) is 4.98 Å². The summed E-state index contributed by atoms with van der Waals surface area (Å²) in [6.07, 6.45) is 5.27. The van der Waals surface area contributed by atoms with Crippen molar-refractivity contribution in [2.24, 2.45) is 0 Å². The van der Waals surface area contributed by atoms with Gasteiger partial charge in [0, 0.05) is 13.0 Å². The number of unbranched alkanes of at least 4 members (excludes halogenated alkanes) is 1. The quantitative estimate of drug-likeness (QED) is 0.587. The second kappa shape index (κ2) is 7.81. The Hall–Kier alpha value is -2.50. The van der Waals surface area contributed by atoms with Crippen molar-refractivity contribution in [2.45, 2.75) is 58.4 Å². The number of aryl methyl sites for hydroxylation is 2. The first-order chi connectivity index (χ1) is 12.6. The van der Waals surface area contributed by atoms with Crippen LogP contribution < -0.4 is 10.6 Å². The number of hydrogen-bond acceptors (Lipinski definition) is 5. The molecule has 1 atom stereocenters. The maximum Gasteiger partial charge on any atom is 0.280 e. The Morgan fingerprint density at radius 3 is 2.88 bits per heavy atom. The number of hydrogen-bond donors (Lipinski definition) is 0. The molecule has 0 spiro atoms. The molecule has 1 aromatic heterocycles. The zero-order valence-corrected chi connectivity index (χ0v) is 15.4. The van der Waals surface area contributed by atoms with E-state index in [1.54, 1.807) is 9.69 Å². The molecule has 1 aromatic carbocycles. The average Bonchev–Trinajstić information content (AvgIpc) is 2.65. The van der Waals surface area contributed by atoms with Gasteiger partial charge in [-0.1, -0.05) is 25.5 Å². The van der Waals surface area contributed by atoms with E-state index in [1.165, 1.54) is 0 Å². The van der Waals surface area contributed by atoms with E-state index in [0.717, 1.165) is 31.2 Å². The number of piperidine rings is 1. The predicted molar refractivity (Wildman–Crippen MR) is 101 cm³/mol. The molecule has 2 heterocycles. The first kappa shape index (κ1) is 18.3. The summed E-state index contributed by atoms with van der Waals surface area (Å²) < 4.78 is 1.58. The van der Waals surface area contributed by atoms with E-state index in [1.807, 2.05) is 25.1 Å². The van der Waals surface area contributed by atoms with Gasteiger partial charge in [-0.2, -0.15) is 0 Å². The first-order valence-corrected chi connectivity index (χ1v) is 9.35. The van der Waals surface area contributed by atoms with Gasteiger partial charge in [0.1, 0.15) is 11.9 Å². The van der Waals surface area contributed by atoms with Gasteiger partial charge in [-0.3, -0.25) is 19.4 Å². The molecule has 0 amide bonds. The molecule has 0 saturated carbocycles. The van der Waals surface area contributed by atoms with Crippen LogP contribution in [0.25, 0.3) is 10.9 Å².